The molecule has 162 valence electrons. The highest BCUT2D eigenvalue weighted by Crippen LogP contribution is 2.21. The molecule has 0 saturated carbocycles. The van der Waals surface area contributed by atoms with Gasteiger partial charge < -0.3 is 19.7 Å². The predicted octanol–water partition coefficient (Wildman–Crippen LogP) is 3.02. The molecule has 2 aromatic rings. The van der Waals surface area contributed by atoms with Gasteiger partial charge in [0.1, 0.15) is 11.5 Å². The van der Waals surface area contributed by atoms with E-state index < -0.39 is 0 Å². The third-order valence-electron chi connectivity index (χ3n) is 5.70. The minimum atomic E-state index is -0.0692. The molecule has 0 aliphatic carbocycles. The summed E-state index contributed by atoms with van der Waals surface area (Å²) in [5, 5.41) is 2.96. The third kappa shape index (κ3) is 6.13. The molecule has 1 N–H and O–H groups in total. The summed E-state index contributed by atoms with van der Waals surface area (Å²) >= 11 is 0. The molecule has 3 rings (SSSR count). The predicted molar refractivity (Wildman–Crippen MR) is 121 cm³/mol. The fourth-order valence-corrected chi connectivity index (χ4v) is 3.63. The van der Waals surface area contributed by atoms with E-state index in [0.29, 0.717) is 6.54 Å². The monoisotopic (exact) mass is 411 g/mol. The number of amides is 1. The van der Waals surface area contributed by atoms with Crippen LogP contribution >= 0.6 is 0 Å². The van der Waals surface area contributed by atoms with Crippen LogP contribution in [0, 0.1) is 13.8 Å². The second kappa shape index (κ2) is 10.9. The number of nitrogens with one attached hydrogen (secondary N) is 1. The Balaban J connectivity index is 1.29. The second-order valence-electron chi connectivity index (χ2n) is 7.72. The van der Waals surface area contributed by atoms with E-state index in [1.807, 2.05) is 44.2 Å². The molecule has 1 amide bonds. The molecule has 0 spiro atoms. The molecule has 0 unspecified atom stereocenters. The SMILES string of the molecule is COc1ccc(N2CCN(CCCNC(=O)COc3cccc(C)c3C)CC2)cc1. The number of benzene rings is 2. The van der Waals surface area contributed by atoms with Crippen molar-refractivity contribution in [1.29, 1.82) is 0 Å². The van der Waals surface area contributed by atoms with E-state index in [2.05, 4.69) is 27.2 Å². The highest BCUT2D eigenvalue weighted by molar-refractivity contribution is 5.77. The molecule has 0 aromatic heterocycles. The fourth-order valence-electron chi connectivity index (χ4n) is 3.63. The van der Waals surface area contributed by atoms with E-state index in [1.54, 1.807) is 7.11 Å². The topological polar surface area (TPSA) is 54.0 Å². The van der Waals surface area contributed by atoms with Crippen molar-refractivity contribution in [3.63, 3.8) is 0 Å². The Morgan fingerprint density at radius 3 is 2.47 bits per heavy atom. The minimum Gasteiger partial charge on any atom is -0.497 e. The normalized spacial score (nSPS) is 14.4. The number of rotatable bonds is 9. The molecule has 0 bridgehead atoms. The van der Waals surface area contributed by atoms with Crippen molar-refractivity contribution in [2.24, 2.45) is 0 Å². The van der Waals surface area contributed by atoms with Crippen LogP contribution in [0.5, 0.6) is 11.5 Å². The summed E-state index contributed by atoms with van der Waals surface area (Å²) in [7, 11) is 1.69. The van der Waals surface area contributed by atoms with Crippen molar-refractivity contribution in [3.8, 4) is 11.5 Å². The summed E-state index contributed by atoms with van der Waals surface area (Å²) in [5.41, 5.74) is 3.49. The summed E-state index contributed by atoms with van der Waals surface area (Å²) in [4.78, 5) is 16.9. The average Bonchev–Trinajstić information content (AvgIpc) is 2.78. The van der Waals surface area contributed by atoms with Gasteiger partial charge in [-0.3, -0.25) is 9.69 Å². The zero-order chi connectivity index (χ0) is 21.3. The Labute approximate surface area is 179 Å². The van der Waals surface area contributed by atoms with Crippen molar-refractivity contribution in [2.45, 2.75) is 20.3 Å². The van der Waals surface area contributed by atoms with Gasteiger partial charge in [0.25, 0.3) is 5.91 Å². The van der Waals surface area contributed by atoms with Gasteiger partial charge in [-0.1, -0.05) is 12.1 Å². The zero-order valence-corrected chi connectivity index (χ0v) is 18.3. The largest absolute Gasteiger partial charge is 0.497 e. The first-order valence-corrected chi connectivity index (χ1v) is 10.6. The number of hydrogen-bond donors (Lipinski definition) is 1. The molecule has 1 aliphatic heterocycles. The smallest absolute Gasteiger partial charge is 0.257 e. The van der Waals surface area contributed by atoms with Gasteiger partial charge in [-0.25, -0.2) is 0 Å². The Morgan fingerprint density at radius 1 is 1.03 bits per heavy atom. The molecule has 0 radical (unpaired) electrons. The number of hydrogen-bond acceptors (Lipinski definition) is 5. The Morgan fingerprint density at radius 2 is 1.77 bits per heavy atom. The lowest BCUT2D eigenvalue weighted by atomic mass is 10.1. The third-order valence-corrected chi connectivity index (χ3v) is 5.70. The van der Waals surface area contributed by atoms with Crippen LogP contribution in [0.3, 0.4) is 0 Å². The maximum absolute atomic E-state index is 12.0. The van der Waals surface area contributed by atoms with Gasteiger partial charge in [-0.2, -0.15) is 0 Å². The molecular weight excluding hydrogens is 378 g/mol. The maximum Gasteiger partial charge on any atom is 0.257 e. The van der Waals surface area contributed by atoms with Gasteiger partial charge in [-0.15, -0.1) is 0 Å². The summed E-state index contributed by atoms with van der Waals surface area (Å²) in [6.45, 7) is 9.89. The van der Waals surface area contributed by atoms with E-state index in [4.69, 9.17) is 9.47 Å². The summed E-state index contributed by atoms with van der Waals surface area (Å²) in [6, 6.07) is 14.1. The first kappa shape index (κ1) is 22.0. The summed E-state index contributed by atoms with van der Waals surface area (Å²) in [6.07, 6.45) is 0.942. The van der Waals surface area contributed by atoms with Crippen LogP contribution < -0.4 is 19.7 Å². The van der Waals surface area contributed by atoms with Gasteiger partial charge >= 0.3 is 0 Å². The molecule has 1 saturated heterocycles. The minimum absolute atomic E-state index is 0.0603. The highest BCUT2D eigenvalue weighted by Gasteiger charge is 2.17. The van der Waals surface area contributed by atoms with Gasteiger partial charge in [-0.05, 0) is 68.3 Å². The van der Waals surface area contributed by atoms with E-state index in [0.717, 1.165) is 56.2 Å². The van der Waals surface area contributed by atoms with Gasteiger partial charge in [0.2, 0.25) is 0 Å². The molecule has 6 nitrogen and oxygen atoms in total. The quantitative estimate of drug-likeness (QED) is 0.643. The number of piperazine rings is 1. The standard InChI is InChI=1S/C24H33N3O3/c1-19-6-4-7-23(20(19)2)30-18-24(28)25-12-5-13-26-14-16-27(17-15-26)21-8-10-22(29-3)11-9-21/h4,6-11H,5,12-18H2,1-3H3,(H,25,28). The highest BCUT2D eigenvalue weighted by atomic mass is 16.5. The maximum atomic E-state index is 12.0. The van der Waals surface area contributed by atoms with Crippen molar-refractivity contribution in [1.82, 2.24) is 10.2 Å². The van der Waals surface area contributed by atoms with Crippen molar-refractivity contribution >= 4 is 11.6 Å². The van der Waals surface area contributed by atoms with Crippen LogP contribution in [0.2, 0.25) is 0 Å². The summed E-state index contributed by atoms with van der Waals surface area (Å²) in [5.74, 6) is 1.60. The van der Waals surface area contributed by atoms with Crippen LogP contribution in [-0.2, 0) is 4.79 Å². The van der Waals surface area contributed by atoms with Gasteiger partial charge in [0, 0.05) is 38.4 Å². The molecule has 2 aromatic carbocycles. The van der Waals surface area contributed by atoms with E-state index in [1.165, 1.54) is 11.3 Å². The van der Waals surface area contributed by atoms with Gasteiger partial charge in [0.15, 0.2) is 6.61 Å². The average molecular weight is 412 g/mol. The number of anilines is 1. The van der Waals surface area contributed by atoms with E-state index in [-0.39, 0.29) is 12.5 Å². The number of nitrogens with zero attached hydrogens (tertiary/aromatic N) is 2. The lowest BCUT2D eigenvalue weighted by Crippen LogP contribution is -2.47. The number of ether oxygens (including phenoxy) is 2. The van der Waals surface area contributed by atoms with Crippen molar-refractivity contribution in [2.75, 3.05) is 57.9 Å². The molecule has 6 heteroatoms. The van der Waals surface area contributed by atoms with Crippen LogP contribution in [0.1, 0.15) is 17.5 Å². The number of carbonyl (C=O) groups excluding carboxylic acids is 1. The van der Waals surface area contributed by atoms with Crippen LogP contribution in [0.4, 0.5) is 5.69 Å². The molecule has 0 atom stereocenters. The zero-order valence-electron chi connectivity index (χ0n) is 18.3. The Bertz CT molecular complexity index is 815. The fraction of sp³-hybridized carbons (Fsp3) is 0.458. The Hall–Kier alpha value is -2.73. The molecular formula is C24H33N3O3. The van der Waals surface area contributed by atoms with Crippen LogP contribution in [0.25, 0.3) is 0 Å². The number of methoxy groups -OCH3 is 1. The number of carbonyl (C=O) groups is 1. The lowest BCUT2D eigenvalue weighted by molar-refractivity contribution is -0.123. The summed E-state index contributed by atoms with van der Waals surface area (Å²) < 4.78 is 10.9. The molecule has 1 fully saturated rings. The van der Waals surface area contributed by atoms with Crippen LogP contribution in [0.15, 0.2) is 42.5 Å². The first-order chi connectivity index (χ1) is 14.6. The lowest BCUT2D eigenvalue weighted by Gasteiger charge is -2.36. The van der Waals surface area contributed by atoms with E-state index >= 15 is 0 Å². The van der Waals surface area contributed by atoms with Crippen LogP contribution in [-0.4, -0.2) is 63.8 Å². The van der Waals surface area contributed by atoms with E-state index in [9.17, 15) is 4.79 Å². The number of aryl methyl sites for hydroxylation is 1. The molecule has 30 heavy (non-hydrogen) atoms. The Kier molecular flexibility index (Phi) is 7.97. The van der Waals surface area contributed by atoms with Crippen molar-refractivity contribution < 1.29 is 14.3 Å². The van der Waals surface area contributed by atoms with Crippen molar-refractivity contribution in [3.05, 3.63) is 53.6 Å². The molecule has 1 heterocycles. The second-order valence-corrected chi connectivity index (χ2v) is 7.72. The first-order valence-electron chi connectivity index (χ1n) is 10.6. The molecule has 1 aliphatic rings. The van der Waals surface area contributed by atoms with Gasteiger partial charge in [0.05, 0.1) is 7.11 Å².